The second-order valence-electron chi connectivity index (χ2n) is 6.63. The van der Waals surface area contributed by atoms with Crippen LogP contribution >= 0.6 is 57.7 Å². The van der Waals surface area contributed by atoms with E-state index < -0.39 is 9.67 Å². The van der Waals surface area contributed by atoms with Crippen molar-refractivity contribution in [2.45, 2.75) is 48.8 Å². The van der Waals surface area contributed by atoms with Crippen molar-refractivity contribution < 1.29 is 9.53 Å². The largest absolute Gasteiger partial charge is 0.501 e. The summed E-state index contributed by atoms with van der Waals surface area (Å²) in [4.78, 5) is 17.9. The Labute approximate surface area is 185 Å². The average molecular weight is 476 g/mol. The second-order valence-corrected chi connectivity index (χ2v) is 10.0. The lowest BCUT2D eigenvalue weighted by Gasteiger charge is -2.28. The van der Waals surface area contributed by atoms with E-state index in [1.165, 1.54) is 17.4 Å². The van der Waals surface area contributed by atoms with Crippen LogP contribution in [0.3, 0.4) is 0 Å². The van der Waals surface area contributed by atoms with Crippen molar-refractivity contribution in [2.24, 2.45) is 11.8 Å². The molecule has 0 saturated carbocycles. The van der Waals surface area contributed by atoms with Gasteiger partial charge in [-0.3, -0.25) is 4.79 Å². The quantitative estimate of drug-likeness (QED) is 0.216. The smallest absolute Gasteiger partial charge is 0.250 e. The maximum Gasteiger partial charge on any atom is 0.250 e. The number of likely N-dealkylation sites (N-methyl/N-ethyl adjacent to an activating group) is 1. The van der Waals surface area contributed by atoms with Gasteiger partial charge in [-0.05, 0) is 24.7 Å². The van der Waals surface area contributed by atoms with Gasteiger partial charge in [-0.2, -0.15) is 0 Å². The van der Waals surface area contributed by atoms with Gasteiger partial charge in [-0.15, -0.1) is 57.7 Å². The van der Waals surface area contributed by atoms with E-state index in [1.807, 2.05) is 19.2 Å². The van der Waals surface area contributed by atoms with Crippen LogP contribution in [-0.2, 0) is 9.53 Å². The standard InChI is InChI=1S/C18H26Cl4N2O2S/c1-11(8-15(19)20)7-13(26-4)10-16(25)24(3)14(9-12(2)17(21)22)18-23-5-6-27-18/h5-6,10-12,14-15,17H,7-9H2,1-4H3/b13-10-. The molecule has 0 N–H and O–H groups in total. The Morgan fingerprint density at radius 1 is 1.30 bits per heavy atom. The molecule has 3 unspecified atom stereocenters. The molecule has 3 atom stereocenters. The first-order valence-electron chi connectivity index (χ1n) is 8.62. The monoisotopic (exact) mass is 474 g/mol. The zero-order chi connectivity index (χ0) is 20.6. The van der Waals surface area contributed by atoms with Crippen LogP contribution in [0.5, 0.6) is 0 Å². The molecular weight excluding hydrogens is 450 g/mol. The average Bonchev–Trinajstić information content (AvgIpc) is 3.11. The van der Waals surface area contributed by atoms with Gasteiger partial charge in [0.1, 0.15) is 20.4 Å². The molecule has 0 bridgehead atoms. The minimum Gasteiger partial charge on any atom is -0.501 e. The summed E-state index contributed by atoms with van der Waals surface area (Å²) in [6.07, 6.45) is 5.05. The predicted octanol–water partition coefficient (Wildman–Crippen LogP) is 6.22. The van der Waals surface area contributed by atoms with Crippen molar-refractivity contribution >= 4 is 63.6 Å². The molecule has 0 spiro atoms. The number of allylic oxidation sites excluding steroid dienone is 1. The topological polar surface area (TPSA) is 42.4 Å². The number of hydrogen-bond acceptors (Lipinski definition) is 4. The Kier molecular flexibility index (Phi) is 11.4. The van der Waals surface area contributed by atoms with Gasteiger partial charge >= 0.3 is 0 Å². The Balaban J connectivity index is 2.92. The van der Waals surface area contributed by atoms with Crippen molar-refractivity contribution in [3.8, 4) is 0 Å². The highest BCUT2D eigenvalue weighted by Crippen LogP contribution is 2.32. The van der Waals surface area contributed by atoms with E-state index in [0.717, 1.165) is 5.01 Å². The Morgan fingerprint density at radius 2 is 1.96 bits per heavy atom. The van der Waals surface area contributed by atoms with Gasteiger partial charge in [0.15, 0.2) is 0 Å². The van der Waals surface area contributed by atoms with E-state index in [4.69, 9.17) is 51.1 Å². The maximum absolute atomic E-state index is 12.8. The molecule has 4 nitrogen and oxygen atoms in total. The highest BCUT2D eigenvalue weighted by molar-refractivity contribution is 7.09. The molecule has 1 aromatic rings. The van der Waals surface area contributed by atoms with Crippen LogP contribution < -0.4 is 0 Å². The summed E-state index contributed by atoms with van der Waals surface area (Å²) in [5, 5.41) is 2.73. The van der Waals surface area contributed by atoms with Crippen LogP contribution in [0.25, 0.3) is 0 Å². The summed E-state index contributed by atoms with van der Waals surface area (Å²) < 4.78 is 5.39. The Bertz CT molecular complexity index is 596. The highest BCUT2D eigenvalue weighted by atomic mass is 35.5. The number of methoxy groups -OCH3 is 1. The first kappa shape index (κ1) is 24.8. The van der Waals surface area contributed by atoms with Gasteiger partial charge in [0.2, 0.25) is 5.91 Å². The molecule has 9 heteroatoms. The van der Waals surface area contributed by atoms with Crippen LogP contribution in [0.1, 0.15) is 44.2 Å². The second kappa shape index (κ2) is 12.4. The predicted molar refractivity (Wildman–Crippen MR) is 116 cm³/mol. The van der Waals surface area contributed by atoms with Crippen LogP contribution in [0.4, 0.5) is 0 Å². The van der Waals surface area contributed by atoms with E-state index in [9.17, 15) is 4.79 Å². The van der Waals surface area contributed by atoms with Crippen LogP contribution in [0.2, 0.25) is 0 Å². The van der Waals surface area contributed by atoms with Crippen molar-refractivity contribution in [1.29, 1.82) is 0 Å². The summed E-state index contributed by atoms with van der Waals surface area (Å²) in [6.45, 7) is 3.97. The molecule has 0 radical (unpaired) electrons. The lowest BCUT2D eigenvalue weighted by atomic mass is 10.0. The number of nitrogens with zero attached hydrogens (tertiary/aromatic N) is 2. The summed E-state index contributed by atoms with van der Waals surface area (Å²) in [5.74, 6) is 0.623. The van der Waals surface area contributed by atoms with Crippen LogP contribution in [-0.4, -0.2) is 39.6 Å². The van der Waals surface area contributed by atoms with Crippen LogP contribution in [0.15, 0.2) is 23.4 Å². The van der Waals surface area contributed by atoms with E-state index in [0.29, 0.717) is 25.0 Å². The van der Waals surface area contributed by atoms with Crippen molar-refractivity contribution in [1.82, 2.24) is 9.88 Å². The Hall–Kier alpha value is -0.200. The highest BCUT2D eigenvalue weighted by Gasteiger charge is 2.27. The third-order valence-electron chi connectivity index (χ3n) is 4.25. The van der Waals surface area contributed by atoms with Crippen molar-refractivity contribution in [3.63, 3.8) is 0 Å². The lowest BCUT2D eigenvalue weighted by Crippen LogP contribution is -2.32. The summed E-state index contributed by atoms with van der Waals surface area (Å²) in [7, 11) is 3.30. The fourth-order valence-electron chi connectivity index (χ4n) is 2.60. The number of carbonyl (C=O) groups is 1. The van der Waals surface area contributed by atoms with Gasteiger partial charge < -0.3 is 9.64 Å². The number of ether oxygens (including phenoxy) is 1. The van der Waals surface area contributed by atoms with Crippen LogP contribution in [0, 0.1) is 11.8 Å². The number of thiazole rings is 1. The van der Waals surface area contributed by atoms with Gasteiger partial charge in [0.25, 0.3) is 0 Å². The number of alkyl halides is 4. The molecule has 1 rings (SSSR count). The van der Waals surface area contributed by atoms with Gasteiger partial charge in [-0.25, -0.2) is 4.98 Å². The zero-order valence-corrected chi connectivity index (χ0v) is 19.7. The summed E-state index contributed by atoms with van der Waals surface area (Å²) >= 11 is 25.2. The van der Waals surface area contributed by atoms with E-state index in [-0.39, 0.29) is 23.8 Å². The first-order valence-corrected chi connectivity index (χ1v) is 11.2. The number of carbonyl (C=O) groups excluding carboxylic acids is 1. The normalized spacial score (nSPS) is 15.7. The lowest BCUT2D eigenvalue weighted by molar-refractivity contribution is -0.127. The number of halogens is 4. The molecule has 0 aliphatic heterocycles. The van der Waals surface area contributed by atoms with E-state index in [2.05, 4.69) is 4.98 Å². The zero-order valence-electron chi connectivity index (χ0n) is 15.9. The molecule has 0 aliphatic carbocycles. The van der Waals surface area contributed by atoms with Crippen molar-refractivity contribution in [2.75, 3.05) is 14.2 Å². The summed E-state index contributed by atoms with van der Waals surface area (Å²) in [5.41, 5.74) is 0. The fourth-order valence-corrected chi connectivity index (χ4v) is 4.21. The van der Waals surface area contributed by atoms with Gasteiger partial charge in [0, 0.05) is 31.1 Å². The number of amides is 1. The SMILES string of the molecule is CO/C(=C\C(=O)N(C)C(CC(C)C(Cl)Cl)c1nccs1)CC(C)CC(Cl)Cl. The summed E-state index contributed by atoms with van der Waals surface area (Å²) in [6, 6.07) is -0.214. The maximum atomic E-state index is 12.8. The van der Waals surface area contributed by atoms with Crippen molar-refractivity contribution in [3.05, 3.63) is 28.4 Å². The number of aromatic nitrogens is 1. The molecule has 0 aromatic carbocycles. The molecule has 154 valence electrons. The number of rotatable bonds is 11. The van der Waals surface area contributed by atoms with E-state index >= 15 is 0 Å². The third kappa shape index (κ3) is 8.78. The molecule has 1 amide bonds. The Morgan fingerprint density at radius 3 is 2.44 bits per heavy atom. The van der Waals surface area contributed by atoms with Gasteiger partial charge in [0.05, 0.1) is 13.2 Å². The third-order valence-corrected chi connectivity index (χ3v) is 6.35. The molecule has 1 heterocycles. The molecule has 27 heavy (non-hydrogen) atoms. The number of hydrogen-bond donors (Lipinski definition) is 0. The van der Waals surface area contributed by atoms with E-state index in [1.54, 1.807) is 25.3 Å². The molecule has 1 aromatic heterocycles. The minimum absolute atomic E-state index is 0.00718. The minimum atomic E-state index is -0.513. The molecule has 0 aliphatic rings. The molecule has 0 fully saturated rings. The fraction of sp³-hybridized carbons (Fsp3) is 0.667. The first-order chi connectivity index (χ1) is 12.6. The molecular formula is C18H26Cl4N2O2S. The van der Waals surface area contributed by atoms with Gasteiger partial charge in [-0.1, -0.05) is 13.8 Å². The molecule has 0 saturated heterocycles.